The number of hydrogen-bond acceptors (Lipinski definition) is 3. The standard InChI is InChI=1S/C10H15BrN2OS/c1-6-10(15-8(3)12-6)7(2)13-9(14)4-5-11/h7H,4-5H2,1-3H3,(H,13,14). The van der Waals surface area contributed by atoms with Gasteiger partial charge in [-0.1, -0.05) is 15.9 Å². The van der Waals surface area contributed by atoms with E-state index in [4.69, 9.17) is 0 Å². The number of nitrogens with zero attached hydrogens (tertiary/aromatic N) is 1. The van der Waals surface area contributed by atoms with Crippen LogP contribution in [0.4, 0.5) is 0 Å². The van der Waals surface area contributed by atoms with Crippen molar-refractivity contribution in [2.24, 2.45) is 0 Å². The minimum Gasteiger partial charge on any atom is -0.349 e. The van der Waals surface area contributed by atoms with Crippen molar-refractivity contribution in [3.8, 4) is 0 Å². The summed E-state index contributed by atoms with van der Waals surface area (Å²) in [5.74, 6) is 0.0739. The Labute approximate surface area is 102 Å². The summed E-state index contributed by atoms with van der Waals surface area (Å²) in [6.07, 6.45) is 0.515. The molecule has 3 nitrogen and oxygen atoms in total. The first-order valence-electron chi connectivity index (χ1n) is 4.84. The number of alkyl halides is 1. The van der Waals surface area contributed by atoms with Crippen molar-refractivity contribution in [1.82, 2.24) is 10.3 Å². The van der Waals surface area contributed by atoms with Crippen LogP contribution in [0.2, 0.25) is 0 Å². The van der Waals surface area contributed by atoms with Crippen LogP contribution >= 0.6 is 27.3 Å². The van der Waals surface area contributed by atoms with Gasteiger partial charge in [0.15, 0.2) is 0 Å². The van der Waals surface area contributed by atoms with E-state index in [0.29, 0.717) is 11.8 Å². The molecule has 1 aromatic rings. The fraction of sp³-hybridized carbons (Fsp3) is 0.600. The summed E-state index contributed by atoms with van der Waals surface area (Å²) < 4.78 is 0. The van der Waals surface area contributed by atoms with Gasteiger partial charge < -0.3 is 5.32 Å². The van der Waals surface area contributed by atoms with Crippen molar-refractivity contribution < 1.29 is 4.79 Å². The molecule has 15 heavy (non-hydrogen) atoms. The zero-order valence-electron chi connectivity index (χ0n) is 9.13. The Balaban J connectivity index is 2.64. The lowest BCUT2D eigenvalue weighted by molar-refractivity contribution is -0.121. The largest absolute Gasteiger partial charge is 0.349 e. The molecular formula is C10H15BrN2OS. The quantitative estimate of drug-likeness (QED) is 0.867. The molecular weight excluding hydrogens is 276 g/mol. The monoisotopic (exact) mass is 290 g/mol. The molecule has 1 amide bonds. The highest BCUT2D eigenvalue weighted by Crippen LogP contribution is 2.24. The van der Waals surface area contributed by atoms with E-state index in [1.807, 2.05) is 20.8 Å². The van der Waals surface area contributed by atoms with E-state index in [1.165, 1.54) is 0 Å². The average molecular weight is 291 g/mol. The molecule has 1 heterocycles. The zero-order valence-corrected chi connectivity index (χ0v) is 11.5. The molecule has 0 aromatic carbocycles. The molecule has 5 heteroatoms. The second-order valence-corrected chi connectivity index (χ2v) is 5.44. The molecule has 0 fully saturated rings. The fourth-order valence-electron chi connectivity index (χ4n) is 1.41. The van der Waals surface area contributed by atoms with Crippen LogP contribution in [0.25, 0.3) is 0 Å². The molecule has 84 valence electrons. The maximum absolute atomic E-state index is 11.4. The van der Waals surface area contributed by atoms with Gasteiger partial charge in [0.2, 0.25) is 5.91 Å². The second kappa shape index (κ2) is 5.61. The highest BCUT2D eigenvalue weighted by molar-refractivity contribution is 9.09. The maximum Gasteiger partial charge on any atom is 0.221 e. The molecule has 0 saturated heterocycles. The van der Waals surface area contributed by atoms with Gasteiger partial charge in [-0.15, -0.1) is 11.3 Å². The van der Waals surface area contributed by atoms with Crippen molar-refractivity contribution in [3.05, 3.63) is 15.6 Å². The Bertz CT molecular complexity index is 351. The van der Waals surface area contributed by atoms with E-state index in [9.17, 15) is 4.79 Å². The van der Waals surface area contributed by atoms with Crippen LogP contribution in [-0.2, 0) is 4.79 Å². The van der Waals surface area contributed by atoms with Gasteiger partial charge in [-0.05, 0) is 20.8 Å². The third-order valence-corrected chi connectivity index (χ3v) is 3.68. The number of halogens is 1. The van der Waals surface area contributed by atoms with E-state index in [-0.39, 0.29) is 11.9 Å². The number of aryl methyl sites for hydroxylation is 2. The SMILES string of the molecule is Cc1nc(C)c(C(C)NC(=O)CCBr)s1. The number of aromatic nitrogens is 1. The molecule has 1 rings (SSSR count). The first kappa shape index (κ1) is 12.6. The minimum atomic E-state index is 0.0581. The minimum absolute atomic E-state index is 0.0581. The van der Waals surface area contributed by atoms with Gasteiger partial charge in [-0.2, -0.15) is 0 Å². The molecule has 0 bridgehead atoms. The van der Waals surface area contributed by atoms with Crippen LogP contribution in [0.5, 0.6) is 0 Å². The van der Waals surface area contributed by atoms with Crippen molar-refractivity contribution in [2.45, 2.75) is 33.2 Å². The highest BCUT2D eigenvalue weighted by atomic mass is 79.9. The summed E-state index contributed by atoms with van der Waals surface area (Å²) in [7, 11) is 0. The van der Waals surface area contributed by atoms with Gasteiger partial charge in [0.05, 0.1) is 16.7 Å². The summed E-state index contributed by atoms with van der Waals surface area (Å²) in [6.45, 7) is 5.95. The summed E-state index contributed by atoms with van der Waals surface area (Å²) in [5.41, 5.74) is 1.02. The normalized spacial score (nSPS) is 12.5. The number of rotatable bonds is 4. The van der Waals surface area contributed by atoms with Gasteiger partial charge in [0, 0.05) is 16.6 Å². The van der Waals surface area contributed by atoms with Gasteiger partial charge in [-0.3, -0.25) is 4.79 Å². The molecule has 1 aromatic heterocycles. The Hall–Kier alpha value is -0.420. The third kappa shape index (κ3) is 3.57. The van der Waals surface area contributed by atoms with Crippen LogP contribution in [0.15, 0.2) is 0 Å². The first-order valence-corrected chi connectivity index (χ1v) is 6.77. The van der Waals surface area contributed by atoms with E-state index in [2.05, 4.69) is 26.2 Å². The molecule has 1 atom stereocenters. The summed E-state index contributed by atoms with van der Waals surface area (Å²) in [6, 6.07) is 0.0581. The maximum atomic E-state index is 11.4. The van der Waals surface area contributed by atoms with Crippen LogP contribution in [0.3, 0.4) is 0 Å². The predicted octanol–water partition coefficient (Wildman–Crippen LogP) is 2.72. The van der Waals surface area contributed by atoms with E-state index in [0.717, 1.165) is 15.6 Å². The molecule has 0 saturated carbocycles. The predicted molar refractivity (Wildman–Crippen MR) is 66.6 cm³/mol. The Morgan fingerprint density at radius 1 is 1.60 bits per heavy atom. The molecule has 0 radical (unpaired) electrons. The molecule has 0 spiro atoms. The van der Waals surface area contributed by atoms with Crippen LogP contribution < -0.4 is 5.32 Å². The van der Waals surface area contributed by atoms with Crippen LogP contribution in [0.1, 0.15) is 35.0 Å². The lowest BCUT2D eigenvalue weighted by Gasteiger charge is -2.12. The summed E-state index contributed by atoms with van der Waals surface area (Å²) >= 11 is 4.89. The van der Waals surface area contributed by atoms with Crippen molar-refractivity contribution in [2.75, 3.05) is 5.33 Å². The zero-order chi connectivity index (χ0) is 11.4. The third-order valence-electron chi connectivity index (χ3n) is 2.03. The highest BCUT2D eigenvalue weighted by Gasteiger charge is 2.14. The van der Waals surface area contributed by atoms with E-state index in [1.54, 1.807) is 11.3 Å². The topological polar surface area (TPSA) is 42.0 Å². The van der Waals surface area contributed by atoms with Gasteiger partial charge in [0.25, 0.3) is 0 Å². The van der Waals surface area contributed by atoms with Gasteiger partial charge in [0.1, 0.15) is 0 Å². The summed E-state index contributed by atoms with van der Waals surface area (Å²) in [5, 5.41) is 4.70. The number of nitrogens with one attached hydrogen (secondary N) is 1. The summed E-state index contributed by atoms with van der Waals surface area (Å²) in [4.78, 5) is 16.9. The molecule has 1 N–H and O–H groups in total. The average Bonchev–Trinajstić information content (AvgIpc) is 2.45. The molecule has 1 unspecified atom stereocenters. The number of carbonyl (C=O) groups is 1. The smallest absolute Gasteiger partial charge is 0.221 e. The van der Waals surface area contributed by atoms with Crippen molar-refractivity contribution in [3.63, 3.8) is 0 Å². The van der Waals surface area contributed by atoms with E-state index < -0.39 is 0 Å². The van der Waals surface area contributed by atoms with Crippen molar-refractivity contribution >= 4 is 33.2 Å². The Morgan fingerprint density at radius 3 is 2.73 bits per heavy atom. The van der Waals surface area contributed by atoms with Crippen molar-refractivity contribution in [1.29, 1.82) is 0 Å². The number of amides is 1. The molecule has 0 aliphatic rings. The lowest BCUT2D eigenvalue weighted by Crippen LogP contribution is -2.26. The number of hydrogen-bond donors (Lipinski definition) is 1. The molecule has 0 aliphatic heterocycles. The Kier molecular flexibility index (Phi) is 4.73. The lowest BCUT2D eigenvalue weighted by atomic mass is 10.2. The second-order valence-electron chi connectivity index (χ2n) is 3.41. The van der Waals surface area contributed by atoms with Crippen LogP contribution in [-0.4, -0.2) is 16.2 Å². The number of thiazole rings is 1. The first-order chi connectivity index (χ1) is 7.04. The van der Waals surface area contributed by atoms with Gasteiger partial charge >= 0.3 is 0 Å². The van der Waals surface area contributed by atoms with Gasteiger partial charge in [-0.25, -0.2) is 4.98 Å². The Morgan fingerprint density at radius 2 is 2.27 bits per heavy atom. The van der Waals surface area contributed by atoms with Crippen LogP contribution in [0, 0.1) is 13.8 Å². The van der Waals surface area contributed by atoms with E-state index >= 15 is 0 Å². The fourth-order valence-corrected chi connectivity index (χ4v) is 2.70. The number of carbonyl (C=O) groups excluding carboxylic acids is 1. The molecule has 0 aliphatic carbocycles.